The third kappa shape index (κ3) is 2.34. The molecule has 14 heavy (non-hydrogen) atoms. The second-order valence-corrected chi connectivity index (χ2v) is 4.37. The molecule has 0 atom stereocenters. The van der Waals surface area contributed by atoms with Gasteiger partial charge in [0.25, 0.3) is 5.88 Å². The maximum absolute atomic E-state index is 5.79. The zero-order valence-corrected chi connectivity index (χ0v) is 9.51. The van der Waals surface area contributed by atoms with Gasteiger partial charge in [-0.15, -0.1) is 4.37 Å². The molecule has 0 bridgehead atoms. The minimum absolute atomic E-state index is 0.243. The van der Waals surface area contributed by atoms with Crippen LogP contribution in [0.1, 0.15) is 12.8 Å². The summed E-state index contributed by atoms with van der Waals surface area (Å²) in [5.41, 5.74) is 0. The van der Waals surface area contributed by atoms with Crippen LogP contribution < -0.4 is 4.74 Å². The summed E-state index contributed by atoms with van der Waals surface area (Å²) in [7, 11) is 2.12. The molecule has 1 fully saturated rings. The first kappa shape index (κ1) is 10.1. The van der Waals surface area contributed by atoms with Crippen molar-refractivity contribution in [1.82, 2.24) is 13.6 Å². The minimum atomic E-state index is 0.243. The molecular formula is C8H12ClN3OS. The predicted molar refractivity (Wildman–Crippen MR) is 56.1 cm³/mol. The van der Waals surface area contributed by atoms with Crippen molar-refractivity contribution in [2.24, 2.45) is 0 Å². The lowest BCUT2D eigenvalue weighted by Crippen LogP contribution is -2.35. The third-order valence-corrected chi connectivity index (χ3v) is 3.22. The molecule has 0 spiro atoms. The topological polar surface area (TPSA) is 38.2 Å². The fourth-order valence-electron chi connectivity index (χ4n) is 1.50. The number of nitrogens with zero attached hydrogens (tertiary/aromatic N) is 3. The van der Waals surface area contributed by atoms with Crippen molar-refractivity contribution in [2.75, 3.05) is 20.1 Å². The lowest BCUT2D eigenvalue weighted by atomic mass is 10.1. The lowest BCUT2D eigenvalue weighted by molar-refractivity contribution is 0.111. The lowest BCUT2D eigenvalue weighted by Gasteiger charge is -2.28. The van der Waals surface area contributed by atoms with Gasteiger partial charge in [-0.05, 0) is 19.9 Å². The third-order valence-electron chi connectivity index (χ3n) is 2.37. The molecule has 0 radical (unpaired) electrons. The Labute approximate surface area is 92.2 Å². The number of likely N-dealkylation sites (tertiary alicyclic amines) is 1. The Hall–Kier alpha value is -0.390. The van der Waals surface area contributed by atoms with E-state index in [2.05, 4.69) is 20.7 Å². The molecule has 0 aliphatic carbocycles. The molecule has 78 valence electrons. The Morgan fingerprint density at radius 3 is 2.71 bits per heavy atom. The summed E-state index contributed by atoms with van der Waals surface area (Å²) in [6.45, 7) is 2.14. The van der Waals surface area contributed by atoms with Gasteiger partial charge in [0.15, 0.2) is 0 Å². The van der Waals surface area contributed by atoms with Crippen molar-refractivity contribution in [3.8, 4) is 5.88 Å². The van der Waals surface area contributed by atoms with Gasteiger partial charge in [0.2, 0.25) is 5.15 Å². The van der Waals surface area contributed by atoms with Crippen molar-refractivity contribution in [3.63, 3.8) is 0 Å². The van der Waals surface area contributed by atoms with E-state index in [-0.39, 0.29) is 6.10 Å². The molecule has 0 saturated carbocycles. The van der Waals surface area contributed by atoms with E-state index >= 15 is 0 Å². The molecule has 0 unspecified atom stereocenters. The molecule has 0 aromatic carbocycles. The quantitative estimate of drug-likeness (QED) is 0.779. The average molecular weight is 234 g/mol. The van der Waals surface area contributed by atoms with Crippen molar-refractivity contribution in [1.29, 1.82) is 0 Å². The van der Waals surface area contributed by atoms with Crippen molar-refractivity contribution >= 4 is 23.3 Å². The highest BCUT2D eigenvalue weighted by Crippen LogP contribution is 2.24. The van der Waals surface area contributed by atoms with Crippen LogP contribution in [0.2, 0.25) is 5.15 Å². The molecule has 1 aromatic rings. The first-order chi connectivity index (χ1) is 6.75. The van der Waals surface area contributed by atoms with Crippen LogP contribution in [0.5, 0.6) is 5.88 Å². The maximum atomic E-state index is 5.79. The fourth-order valence-corrected chi connectivity index (χ4v) is 2.12. The number of aromatic nitrogens is 2. The predicted octanol–water partition coefficient (Wildman–Crippen LogP) is 1.66. The first-order valence-corrected chi connectivity index (χ1v) is 5.70. The molecule has 1 saturated heterocycles. The van der Waals surface area contributed by atoms with Crippen LogP contribution in [0, 0.1) is 0 Å². The molecular weight excluding hydrogens is 222 g/mol. The Kier molecular flexibility index (Phi) is 3.20. The Morgan fingerprint density at radius 2 is 2.14 bits per heavy atom. The van der Waals surface area contributed by atoms with Gasteiger partial charge >= 0.3 is 0 Å². The number of rotatable bonds is 2. The van der Waals surface area contributed by atoms with Crippen LogP contribution in [0.15, 0.2) is 0 Å². The van der Waals surface area contributed by atoms with E-state index in [9.17, 15) is 0 Å². The van der Waals surface area contributed by atoms with Crippen molar-refractivity contribution < 1.29 is 4.74 Å². The molecule has 4 nitrogen and oxygen atoms in total. The maximum Gasteiger partial charge on any atom is 0.265 e. The van der Waals surface area contributed by atoms with Gasteiger partial charge in [-0.3, -0.25) is 0 Å². The number of hydrogen-bond acceptors (Lipinski definition) is 5. The van der Waals surface area contributed by atoms with E-state index in [1.165, 1.54) is 0 Å². The monoisotopic (exact) mass is 233 g/mol. The second-order valence-electron chi connectivity index (χ2n) is 3.48. The smallest absolute Gasteiger partial charge is 0.265 e. The van der Waals surface area contributed by atoms with Gasteiger partial charge in [0.1, 0.15) is 6.10 Å². The van der Waals surface area contributed by atoms with E-state index in [0.717, 1.165) is 37.7 Å². The van der Waals surface area contributed by atoms with Crippen LogP contribution in [0.25, 0.3) is 0 Å². The largest absolute Gasteiger partial charge is 0.471 e. The Balaban J connectivity index is 1.89. The van der Waals surface area contributed by atoms with Crippen LogP contribution in [-0.4, -0.2) is 39.9 Å². The molecule has 2 heterocycles. The SMILES string of the molecule is CN1CCC(Oc2nsnc2Cl)CC1. The summed E-state index contributed by atoms with van der Waals surface area (Å²) in [5.74, 6) is 0.492. The van der Waals surface area contributed by atoms with E-state index in [0.29, 0.717) is 11.0 Å². The summed E-state index contributed by atoms with van der Waals surface area (Å²) < 4.78 is 13.5. The molecule has 6 heteroatoms. The minimum Gasteiger partial charge on any atom is -0.471 e. The number of halogens is 1. The van der Waals surface area contributed by atoms with E-state index in [1.807, 2.05) is 0 Å². The van der Waals surface area contributed by atoms with Crippen LogP contribution in [-0.2, 0) is 0 Å². The van der Waals surface area contributed by atoms with Gasteiger partial charge in [-0.2, -0.15) is 4.37 Å². The highest BCUT2D eigenvalue weighted by Gasteiger charge is 2.20. The average Bonchev–Trinajstić information content (AvgIpc) is 2.56. The normalized spacial score (nSPS) is 19.9. The standard InChI is InChI=1S/C8H12ClN3OS/c1-12-4-2-6(3-5-12)13-8-7(9)10-14-11-8/h6H,2-5H2,1H3. The number of ether oxygens (including phenoxy) is 1. The Bertz CT molecular complexity index is 299. The summed E-state index contributed by atoms with van der Waals surface area (Å²) in [6.07, 6.45) is 2.31. The van der Waals surface area contributed by atoms with Crippen LogP contribution in [0.3, 0.4) is 0 Å². The molecule has 2 rings (SSSR count). The molecule has 1 aromatic heterocycles. The molecule has 1 aliphatic rings. The van der Waals surface area contributed by atoms with Gasteiger partial charge in [-0.1, -0.05) is 11.6 Å². The molecule has 1 aliphatic heterocycles. The zero-order chi connectivity index (χ0) is 9.97. The summed E-state index contributed by atoms with van der Waals surface area (Å²) in [4.78, 5) is 2.29. The molecule has 0 N–H and O–H groups in total. The van der Waals surface area contributed by atoms with Crippen LogP contribution >= 0.6 is 23.3 Å². The van der Waals surface area contributed by atoms with Gasteiger partial charge < -0.3 is 9.64 Å². The zero-order valence-electron chi connectivity index (χ0n) is 7.94. The van der Waals surface area contributed by atoms with Crippen molar-refractivity contribution in [2.45, 2.75) is 18.9 Å². The van der Waals surface area contributed by atoms with E-state index < -0.39 is 0 Å². The summed E-state index contributed by atoms with van der Waals surface area (Å²) in [5, 5.41) is 0.383. The van der Waals surface area contributed by atoms with Gasteiger partial charge in [-0.25, -0.2) is 0 Å². The Morgan fingerprint density at radius 1 is 1.43 bits per heavy atom. The van der Waals surface area contributed by atoms with Gasteiger partial charge in [0.05, 0.1) is 11.7 Å². The summed E-state index contributed by atoms with van der Waals surface area (Å²) in [6, 6.07) is 0. The van der Waals surface area contributed by atoms with E-state index in [1.54, 1.807) is 0 Å². The van der Waals surface area contributed by atoms with Gasteiger partial charge in [0, 0.05) is 13.1 Å². The van der Waals surface area contributed by atoms with E-state index in [4.69, 9.17) is 16.3 Å². The second kappa shape index (κ2) is 4.42. The number of piperidine rings is 1. The summed E-state index contributed by atoms with van der Waals surface area (Å²) >= 11 is 6.88. The first-order valence-electron chi connectivity index (χ1n) is 4.59. The fraction of sp³-hybridized carbons (Fsp3) is 0.750. The molecule has 0 amide bonds. The van der Waals surface area contributed by atoms with Crippen molar-refractivity contribution in [3.05, 3.63) is 5.15 Å². The van der Waals surface area contributed by atoms with Crippen LogP contribution in [0.4, 0.5) is 0 Å². The number of hydrogen-bond donors (Lipinski definition) is 0. The highest BCUT2D eigenvalue weighted by molar-refractivity contribution is 6.99. The highest BCUT2D eigenvalue weighted by atomic mass is 35.5.